The van der Waals surface area contributed by atoms with E-state index in [-0.39, 0.29) is 0 Å². The molecule has 0 aromatic heterocycles. The molecule has 1 aliphatic carbocycles. The van der Waals surface area contributed by atoms with E-state index in [9.17, 15) is 0 Å². The molecule has 0 radical (unpaired) electrons. The van der Waals surface area contributed by atoms with Gasteiger partial charge in [0.2, 0.25) is 0 Å². The van der Waals surface area contributed by atoms with Crippen LogP contribution in [0.25, 0.3) is 0 Å². The number of rotatable bonds is 0. The minimum Gasteiger partial charge on any atom is -0.313 e. The van der Waals surface area contributed by atoms with Crippen LogP contribution in [0.15, 0.2) is 0 Å². The van der Waals surface area contributed by atoms with E-state index >= 15 is 0 Å². The van der Waals surface area contributed by atoms with Crippen molar-refractivity contribution < 1.29 is 0 Å². The molecular formula is C9H16N2. The molecule has 0 aliphatic heterocycles. The predicted molar refractivity (Wildman–Crippen MR) is 44.8 cm³/mol. The lowest BCUT2D eigenvalue weighted by molar-refractivity contribution is 0.455. The normalized spacial score (nSPS) is 39.2. The minimum absolute atomic E-state index is 0.509. The van der Waals surface area contributed by atoms with Crippen molar-refractivity contribution in [3.05, 3.63) is 0 Å². The molecule has 2 nitrogen and oxygen atoms in total. The summed E-state index contributed by atoms with van der Waals surface area (Å²) >= 11 is 0. The second-order valence-electron chi connectivity index (χ2n) is 3.80. The fourth-order valence-corrected chi connectivity index (χ4v) is 1.65. The predicted octanol–water partition coefficient (Wildman–Crippen LogP) is 1.81. The van der Waals surface area contributed by atoms with Gasteiger partial charge in [-0.2, -0.15) is 5.26 Å². The molecule has 0 aromatic rings. The van der Waals surface area contributed by atoms with E-state index in [2.05, 4.69) is 13.0 Å². The van der Waals surface area contributed by atoms with Crippen LogP contribution in [0.4, 0.5) is 0 Å². The Bertz CT molecular complexity index is 171. The van der Waals surface area contributed by atoms with Gasteiger partial charge in [0.05, 0.1) is 6.07 Å². The Hall–Kier alpha value is -0.550. The van der Waals surface area contributed by atoms with Crippen LogP contribution in [0.5, 0.6) is 0 Å². The molecule has 0 aromatic carbocycles. The van der Waals surface area contributed by atoms with Gasteiger partial charge in [0.15, 0.2) is 0 Å². The average Bonchev–Trinajstić information content (AvgIpc) is 2.15. The topological polar surface area (TPSA) is 49.8 Å². The molecule has 0 spiro atoms. The molecule has 2 heteroatoms. The average molecular weight is 152 g/mol. The van der Waals surface area contributed by atoms with Gasteiger partial charge < -0.3 is 5.73 Å². The Morgan fingerprint density at radius 3 is 2.82 bits per heavy atom. The zero-order chi connectivity index (χ0) is 8.32. The van der Waals surface area contributed by atoms with Crippen molar-refractivity contribution in [3.63, 3.8) is 0 Å². The molecule has 2 unspecified atom stereocenters. The van der Waals surface area contributed by atoms with Crippen LogP contribution in [0.2, 0.25) is 0 Å². The minimum atomic E-state index is -0.509. The van der Waals surface area contributed by atoms with E-state index in [1.807, 2.05) is 0 Å². The van der Waals surface area contributed by atoms with Crippen LogP contribution < -0.4 is 5.73 Å². The van der Waals surface area contributed by atoms with Crippen molar-refractivity contribution in [1.82, 2.24) is 0 Å². The van der Waals surface area contributed by atoms with Gasteiger partial charge in [0, 0.05) is 0 Å². The maximum absolute atomic E-state index is 8.79. The summed E-state index contributed by atoms with van der Waals surface area (Å²) in [7, 11) is 0. The number of nitrogens with two attached hydrogens (primary N) is 1. The van der Waals surface area contributed by atoms with Crippen molar-refractivity contribution in [3.8, 4) is 6.07 Å². The first-order chi connectivity index (χ1) is 5.16. The number of hydrogen-bond donors (Lipinski definition) is 1. The maximum Gasteiger partial charge on any atom is 0.104 e. The molecule has 2 atom stereocenters. The van der Waals surface area contributed by atoms with E-state index in [4.69, 9.17) is 11.0 Å². The summed E-state index contributed by atoms with van der Waals surface area (Å²) in [6.07, 6.45) is 5.23. The van der Waals surface area contributed by atoms with Crippen molar-refractivity contribution in [1.29, 1.82) is 5.26 Å². The van der Waals surface area contributed by atoms with Gasteiger partial charge in [-0.25, -0.2) is 0 Å². The van der Waals surface area contributed by atoms with E-state index in [0.29, 0.717) is 0 Å². The molecule has 0 bridgehead atoms. The van der Waals surface area contributed by atoms with Gasteiger partial charge in [0.25, 0.3) is 0 Å². The lowest BCUT2D eigenvalue weighted by Crippen LogP contribution is -2.37. The Balaban J connectivity index is 2.54. The third-order valence-electron chi connectivity index (χ3n) is 2.63. The zero-order valence-corrected chi connectivity index (χ0v) is 7.14. The molecule has 0 saturated heterocycles. The molecule has 1 rings (SSSR count). The van der Waals surface area contributed by atoms with Crippen LogP contribution >= 0.6 is 0 Å². The molecule has 0 amide bonds. The van der Waals surface area contributed by atoms with E-state index in [0.717, 1.165) is 31.6 Å². The molecule has 0 heterocycles. The molecule has 11 heavy (non-hydrogen) atoms. The second kappa shape index (κ2) is 3.23. The first kappa shape index (κ1) is 8.55. The van der Waals surface area contributed by atoms with Crippen molar-refractivity contribution >= 4 is 0 Å². The summed E-state index contributed by atoms with van der Waals surface area (Å²) in [6, 6.07) is 2.22. The summed E-state index contributed by atoms with van der Waals surface area (Å²) < 4.78 is 0. The summed E-state index contributed by atoms with van der Waals surface area (Å²) in [6.45, 7) is 2.24. The highest BCUT2D eigenvalue weighted by Gasteiger charge is 2.27. The summed E-state index contributed by atoms with van der Waals surface area (Å²) in [5, 5.41) is 8.79. The SMILES string of the molecule is CC1CCCC(N)(C#N)CC1. The number of nitriles is 1. The van der Waals surface area contributed by atoms with Crippen LogP contribution in [0.3, 0.4) is 0 Å². The zero-order valence-electron chi connectivity index (χ0n) is 7.14. The Morgan fingerprint density at radius 2 is 2.18 bits per heavy atom. The third-order valence-corrected chi connectivity index (χ3v) is 2.63. The van der Waals surface area contributed by atoms with Gasteiger partial charge in [-0.3, -0.25) is 0 Å². The van der Waals surface area contributed by atoms with Crippen LogP contribution in [-0.2, 0) is 0 Å². The summed E-state index contributed by atoms with van der Waals surface area (Å²) in [5.41, 5.74) is 5.35. The van der Waals surface area contributed by atoms with E-state index in [1.165, 1.54) is 6.42 Å². The highest BCUT2D eigenvalue weighted by molar-refractivity contribution is 5.05. The van der Waals surface area contributed by atoms with Crippen molar-refractivity contribution in [2.24, 2.45) is 11.7 Å². The van der Waals surface area contributed by atoms with Gasteiger partial charge in [-0.05, 0) is 25.2 Å². The highest BCUT2D eigenvalue weighted by atomic mass is 14.7. The molecule has 1 fully saturated rings. The smallest absolute Gasteiger partial charge is 0.104 e. The van der Waals surface area contributed by atoms with Gasteiger partial charge in [-0.1, -0.05) is 19.8 Å². The lowest BCUT2D eigenvalue weighted by atomic mass is 9.93. The van der Waals surface area contributed by atoms with Crippen LogP contribution in [0.1, 0.15) is 39.0 Å². The molecular weight excluding hydrogens is 136 g/mol. The van der Waals surface area contributed by atoms with Crippen molar-refractivity contribution in [2.75, 3.05) is 0 Å². The quantitative estimate of drug-likeness (QED) is 0.538. The Morgan fingerprint density at radius 1 is 1.45 bits per heavy atom. The second-order valence-corrected chi connectivity index (χ2v) is 3.80. The Kier molecular flexibility index (Phi) is 2.51. The van der Waals surface area contributed by atoms with Gasteiger partial charge in [-0.15, -0.1) is 0 Å². The van der Waals surface area contributed by atoms with E-state index in [1.54, 1.807) is 0 Å². The van der Waals surface area contributed by atoms with Crippen LogP contribution in [0, 0.1) is 17.2 Å². The first-order valence-corrected chi connectivity index (χ1v) is 4.36. The van der Waals surface area contributed by atoms with Gasteiger partial charge in [0.1, 0.15) is 5.54 Å². The lowest BCUT2D eigenvalue weighted by Gasteiger charge is -2.17. The summed E-state index contributed by atoms with van der Waals surface area (Å²) in [4.78, 5) is 0. The van der Waals surface area contributed by atoms with Gasteiger partial charge >= 0.3 is 0 Å². The number of hydrogen-bond acceptors (Lipinski definition) is 2. The third kappa shape index (κ3) is 2.20. The van der Waals surface area contributed by atoms with E-state index < -0.39 is 5.54 Å². The number of nitrogens with zero attached hydrogens (tertiary/aromatic N) is 1. The monoisotopic (exact) mass is 152 g/mol. The molecule has 1 aliphatic rings. The highest BCUT2D eigenvalue weighted by Crippen LogP contribution is 2.27. The summed E-state index contributed by atoms with van der Waals surface area (Å²) in [5.74, 6) is 0.758. The largest absolute Gasteiger partial charge is 0.313 e. The maximum atomic E-state index is 8.79. The first-order valence-electron chi connectivity index (χ1n) is 4.36. The van der Waals surface area contributed by atoms with Crippen LogP contribution in [-0.4, -0.2) is 5.54 Å². The molecule has 1 saturated carbocycles. The Labute approximate surface area is 68.4 Å². The fourth-order valence-electron chi connectivity index (χ4n) is 1.65. The molecule has 62 valence electrons. The molecule has 2 N–H and O–H groups in total. The van der Waals surface area contributed by atoms with Crippen molar-refractivity contribution in [2.45, 2.75) is 44.6 Å². The fraction of sp³-hybridized carbons (Fsp3) is 0.889. The standard InChI is InChI=1S/C9H16N2/c1-8-3-2-5-9(11,7-10)6-4-8/h8H,2-6,11H2,1H3.